The number of anilines is 1. The molecular weight excluding hydrogens is 389 g/mol. The second kappa shape index (κ2) is 7.74. The number of hydrazone groups is 1. The van der Waals surface area contributed by atoms with E-state index in [1.54, 1.807) is 42.1 Å². The first-order chi connectivity index (χ1) is 14.5. The molecular formula is C20H18FN7O2. The van der Waals surface area contributed by atoms with Gasteiger partial charge in [0.2, 0.25) is 5.95 Å². The first-order valence-corrected chi connectivity index (χ1v) is 9.06. The molecule has 0 atom stereocenters. The van der Waals surface area contributed by atoms with Crippen LogP contribution in [-0.4, -0.2) is 29.9 Å². The highest BCUT2D eigenvalue weighted by molar-refractivity contribution is 5.78. The molecule has 0 radical (unpaired) electrons. The van der Waals surface area contributed by atoms with Crippen LogP contribution in [0.15, 0.2) is 63.4 Å². The fourth-order valence-corrected chi connectivity index (χ4v) is 3.07. The number of nitrogens with one attached hydrogen (secondary N) is 1. The summed E-state index contributed by atoms with van der Waals surface area (Å²) >= 11 is 0. The lowest BCUT2D eigenvalue weighted by molar-refractivity contribution is 0.626. The van der Waals surface area contributed by atoms with Gasteiger partial charge in [-0.1, -0.05) is 18.2 Å². The fourth-order valence-electron chi connectivity index (χ4n) is 3.07. The van der Waals surface area contributed by atoms with Crippen molar-refractivity contribution in [3.05, 3.63) is 86.6 Å². The minimum atomic E-state index is -0.484. The summed E-state index contributed by atoms with van der Waals surface area (Å²) in [5.74, 6) is -0.0920. The quantitative estimate of drug-likeness (QED) is 0.399. The van der Waals surface area contributed by atoms with E-state index in [0.717, 1.165) is 10.1 Å². The number of hydrogen-bond acceptors (Lipinski definition) is 6. The predicted molar refractivity (Wildman–Crippen MR) is 111 cm³/mol. The van der Waals surface area contributed by atoms with Crippen LogP contribution < -0.4 is 16.7 Å². The van der Waals surface area contributed by atoms with Crippen molar-refractivity contribution < 1.29 is 4.39 Å². The molecule has 0 spiro atoms. The molecule has 3 aromatic heterocycles. The van der Waals surface area contributed by atoms with Crippen LogP contribution in [0.4, 0.5) is 10.3 Å². The van der Waals surface area contributed by atoms with E-state index < -0.39 is 11.2 Å². The summed E-state index contributed by atoms with van der Waals surface area (Å²) in [7, 11) is 2.95. The maximum Gasteiger partial charge on any atom is 0.332 e. The van der Waals surface area contributed by atoms with Gasteiger partial charge in [0.05, 0.1) is 18.5 Å². The van der Waals surface area contributed by atoms with Gasteiger partial charge in [-0.05, 0) is 29.8 Å². The molecule has 4 rings (SSSR count). The lowest BCUT2D eigenvalue weighted by Crippen LogP contribution is -2.37. The maximum atomic E-state index is 13.3. The molecule has 10 heteroatoms. The number of benzene rings is 1. The van der Waals surface area contributed by atoms with E-state index >= 15 is 0 Å². The highest BCUT2D eigenvalue weighted by Gasteiger charge is 2.19. The number of aryl methyl sites for hydroxylation is 1. The van der Waals surface area contributed by atoms with Gasteiger partial charge in [0.25, 0.3) is 5.56 Å². The van der Waals surface area contributed by atoms with Crippen LogP contribution in [0, 0.1) is 5.82 Å². The van der Waals surface area contributed by atoms with Crippen molar-refractivity contribution in [3.8, 4) is 0 Å². The number of aromatic nitrogens is 5. The molecule has 30 heavy (non-hydrogen) atoms. The van der Waals surface area contributed by atoms with Gasteiger partial charge >= 0.3 is 5.69 Å². The third kappa shape index (κ3) is 3.50. The molecule has 1 aromatic carbocycles. The molecule has 0 unspecified atom stereocenters. The first kappa shape index (κ1) is 19.2. The van der Waals surface area contributed by atoms with Gasteiger partial charge in [-0.15, -0.1) is 0 Å². The van der Waals surface area contributed by atoms with Gasteiger partial charge in [0.15, 0.2) is 11.2 Å². The summed E-state index contributed by atoms with van der Waals surface area (Å²) in [6.45, 7) is 0.228. The first-order valence-electron chi connectivity index (χ1n) is 9.06. The van der Waals surface area contributed by atoms with E-state index in [1.807, 2.05) is 6.07 Å². The van der Waals surface area contributed by atoms with Crippen LogP contribution in [0.5, 0.6) is 0 Å². The van der Waals surface area contributed by atoms with Gasteiger partial charge < -0.3 is 0 Å². The molecule has 0 aliphatic carbocycles. The molecule has 0 amide bonds. The lowest BCUT2D eigenvalue weighted by Gasteiger charge is -2.09. The average Bonchev–Trinajstić information content (AvgIpc) is 3.11. The van der Waals surface area contributed by atoms with Crippen molar-refractivity contribution in [1.29, 1.82) is 0 Å². The van der Waals surface area contributed by atoms with Crippen molar-refractivity contribution in [2.45, 2.75) is 6.54 Å². The summed E-state index contributed by atoms with van der Waals surface area (Å²) in [5.41, 5.74) is 3.70. The van der Waals surface area contributed by atoms with Crippen LogP contribution >= 0.6 is 0 Å². The SMILES string of the molecule is Cn1c(=O)c2c(nc(N/N=C\c3ccccn3)n2Cc2ccc(F)cc2)n(C)c1=O. The van der Waals surface area contributed by atoms with Crippen LogP contribution in [0.3, 0.4) is 0 Å². The summed E-state index contributed by atoms with van der Waals surface area (Å²) in [6.07, 6.45) is 3.16. The zero-order chi connectivity index (χ0) is 21.3. The van der Waals surface area contributed by atoms with E-state index in [1.165, 1.54) is 30.0 Å². The third-order valence-corrected chi connectivity index (χ3v) is 4.65. The number of rotatable bonds is 5. The molecule has 0 saturated heterocycles. The van der Waals surface area contributed by atoms with Gasteiger partial charge in [0, 0.05) is 20.3 Å². The molecule has 4 aromatic rings. The number of fused-ring (bicyclic) bond motifs is 1. The van der Waals surface area contributed by atoms with Gasteiger partial charge in [-0.3, -0.25) is 23.5 Å². The summed E-state index contributed by atoms with van der Waals surface area (Å²) < 4.78 is 17.2. The molecule has 152 valence electrons. The van der Waals surface area contributed by atoms with E-state index in [-0.39, 0.29) is 29.5 Å². The topological polar surface area (TPSA) is 99.1 Å². The number of nitrogens with zero attached hydrogens (tertiary/aromatic N) is 6. The van der Waals surface area contributed by atoms with E-state index in [9.17, 15) is 14.0 Å². The molecule has 0 aliphatic rings. The number of imidazole rings is 1. The second-order valence-electron chi connectivity index (χ2n) is 6.65. The summed E-state index contributed by atoms with van der Waals surface area (Å²) in [5, 5.41) is 4.15. The van der Waals surface area contributed by atoms with Crippen molar-refractivity contribution in [2.75, 3.05) is 5.43 Å². The van der Waals surface area contributed by atoms with Crippen LogP contribution in [0.25, 0.3) is 11.2 Å². The highest BCUT2D eigenvalue weighted by atomic mass is 19.1. The molecule has 0 fully saturated rings. The van der Waals surface area contributed by atoms with Crippen molar-refractivity contribution in [1.82, 2.24) is 23.7 Å². The largest absolute Gasteiger partial charge is 0.332 e. The molecule has 0 bridgehead atoms. The fraction of sp³-hybridized carbons (Fsp3) is 0.150. The van der Waals surface area contributed by atoms with Gasteiger partial charge in [-0.2, -0.15) is 10.1 Å². The summed E-state index contributed by atoms with van der Waals surface area (Å²) in [6, 6.07) is 11.3. The van der Waals surface area contributed by atoms with E-state index in [0.29, 0.717) is 5.69 Å². The number of pyridine rings is 1. The Labute approximate surface area is 169 Å². The molecule has 0 aliphatic heterocycles. The van der Waals surface area contributed by atoms with Crippen molar-refractivity contribution >= 4 is 23.3 Å². The van der Waals surface area contributed by atoms with Crippen LogP contribution in [0.2, 0.25) is 0 Å². The Balaban J connectivity index is 1.83. The minimum Gasteiger partial charge on any atom is -0.298 e. The Morgan fingerprint density at radius 3 is 2.57 bits per heavy atom. The minimum absolute atomic E-state index is 0.223. The molecule has 0 saturated carbocycles. The molecule has 3 heterocycles. The zero-order valence-electron chi connectivity index (χ0n) is 16.3. The van der Waals surface area contributed by atoms with E-state index in [2.05, 4.69) is 20.5 Å². The van der Waals surface area contributed by atoms with Gasteiger partial charge in [-0.25, -0.2) is 14.6 Å². The van der Waals surface area contributed by atoms with Crippen molar-refractivity contribution in [2.24, 2.45) is 19.2 Å². The highest BCUT2D eigenvalue weighted by Crippen LogP contribution is 2.18. The predicted octanol–water partition coefficient (Wildman–Crippen LogP) is 1.46. The van der Waals surface area contributed by atoms with E-state index in [4.69, 9.17) is 0 Å². The summed E-state index contributed by atoms with van der Waals surface area (Å²) in [4.78, 5) is 33.7. The Morgan fingerprint density at radius 1 is 1.10 bits per heavy atom. The normalized spacial score (nSPS) is 11.4. The monoisotopic (exact) mass is 407 g/mol. The Bertz CT molecular complexity index is 1350. The van der Waals surface area contributed by atoms with Crippen molar-refractivity contribution in [3.63, 3.8) is 0 Å². The Morgan fingerprint density at radius 2 is 1.87 bits per heavy atom. The molecule has 9 nitrogen and oxygen atoms in total. The van der Waals surface area contributed by atoms with Crippen LogP contribution in [0.1, 0.15) is 11.3 Å². The smallest absolute Gasteiger partial charge is 0.298 e. The van der Waals surface area contributed by atoms with Crippen LogP contribution in [-0.2, 0) is 20.6 Å². The third-order valence-electron chi connectivity index (χ3n) is 4.65. The average molecular weight is 407 g/mol. The lowest BCUT2D eigenvalue weighted by atomic mass is 10.2. The second-order valence-corrected chi connectivity index (χ2v) is 6.65. The number of halogens is 1. The molecule has 1 N–H and O–H groups in total. The maximum absolute atomic E-state index is 13.3. The zero-order valence-corrected chi connectivity index (χ0v) is 16.3. The number of hydrogen-bond donors (Lipinski definition) is 1. The standard InChI is InChI=1S/C20H18FN7O2/c1-26-17-16(18(29)27(2)20(26)30)28(12-13-6-8-14(21)9-7-13)19(24-17)25-23-11-15-5-3-4-10-22-15/h3-11H,12H2,1-2H3,(H,24,25)/b23-11-. The van der Waals surface area contributed by atoms with Gasteiger partial charge in [0.1, 0.15) is 5.82 Å². The Hall–Kier alpha value is -4.08. The Kier molecular flexibility index (Phi) is 4.97.